The monoisotopic (exact) mass is 539 g/mol. The maximum absolute atomic E-state index is 13.4. The van der Waals surface area contributed by atoms with Gasteiger partial charge in [-0.1, -0.05) is 54.4 Å². The van der Waals surface area contributed by atoms with Gasteiger partial charge in [0.05, 0.1) is 41.4 Å². The van der Waals surface area contributed by atoms with Crippen molar-refractivity contribution in [3.05, 3.63) is 98.5 Å². The molecular weight excluding hydrogens is 517 g/mol. The molecule has 0 aromatic heterocycles. The fraction of sp³-hybridized carbons (Fsp3) is 0.179. The van der Waals surface area contributed by atoms with E-state index in [0.717, 1.165) is 12.0 Å². The van der Waals surface area contributed by atoms with Crippen molar-refractivity contribution in [2.45, 2.75) is 19.4 Å². The lowest BCUT2D eigenvalue weighted by Gasteiger charge is -2.26. The van der Waals surface area contributed by atoms with Gasteiger partial charge in [0.25, 0.3) is 11.7 Å². The quantitative estimate of drug-likeness (QED) is 0.179. The number of benzene rings is 3. The molecule has 1 fully saturated rings. The van der Waals surface area contributed by atoms with Crippen LogP contribution < -0.4 is 9.64 Å². The van der Waals surface area contributed by atoms with Crippen molar-refractivity contribution in [3.8, 4) is 5.75 Å². The lowest BCUT2D eigenvalue weighted by Crippen LogP contribution is -2.29. The van der Waals surface area contributed by atoms with Gasteiger partial charge in [-0.05, 0) is 53.9 Å². The topological polar surface area (TPSA) is 93.1 Å². The van der Waals surface area contributed by atoms with E-state index in [2.05, 4.69) is 0 Å². The van der Waals surface area contributed by atoms with E-state index in [1.54, 1.807) is 12.1 Å². The third-order valence-electron chi connectivity index (χ3n) is 6.19. The summed E-state index contributed by atoms with van der Waals surface area (Å²) in [4.78, 5) is 39.9. The number of esters is 1. The Kier molecular flexibility index (Phi) is 7.57. The van der Waals surface area contributed by atoms with E-state index < -0.39 is 29.5 Å². The Balaban J connectivity index is 1.91. The normalized spacial score (nSPS) is 16.7. The molecule has 1 amide bonds. The van der Waals surface area contributed by atoms with Crippen molar-refractivity contribution < 1.29 is 29.0 Å². The molecule has 0 aliphatic carbocycles. The van der Waals surface area contributed by atoms with Crippen LogP contribution in [-0.2, 0) is 20.7 Å². The Hall–Kier alpha value is -3.81. The largest absolute Gasteiger partial charge is 0.507 e. The number of aliphatic hydroxyl groups is 1. The second kappa shape index (κ2) is 10.7. The Morgan fingerprint density at radius 2 is 1.54 bits per heavy atom. The van der Waals surface area contributed by atoms with Crippen LogP contribution in [0.5, 0.6) is 5.75 Å². The number of aliphatic hydroxyl groups excluding tert-OH is 1. The van der Waals surface area contributed by atoms with E-state index in [0.29, 0.717) is 11.3 Å². The van der Waals surface area contributed by atoms with Crippen LogP contribution >= 0.6 is 23.2 Å². The molecule has 1 aliphatic heterocycles. The average Bonchev–Trinajstić information content (AvgIpc) is 3.17. The molecule has 1 unspecified atom stereocenters. The van der Waals surface area contributed by atoms with Gasteiger partial charge < -0.3 is 14.6 Å². The summed E-state index contributed by atoms with van der Waals surface area (Å²) in [5.74, 6) is -2.45. The highest BCUT2D eigenvalue weighted by molar-refractivity contribution is 6.51. The van der Waals surface area contributed by atoms with E-state index in [1.165, 1.54) is 43.4 Å². The zero-order valence-electron chi connectivity index (χ0n) is 20.2. The molecule has 0 radical (unpaired) electrons. The van der Waals surface area contributed by atoms with Crippen LogP contribution in [-0.4, -0.2) is 37.0 Å². The zero-order chi connectivity index (χ0) is 26.9. The Labute approximate surface area is 223 Å². The van der Waals surface area contributed by atoms with Gasteiger partial charge in [0.15, 0.2) is 5.75 Å². The van der Waals surface area contributed by atoms with Crippen molar-refractivity contribution in [3.63, 3.8) is 0 Å². The Morgan fingerprint density at radius 3 is 2.05 bits per heavy atom. The van der Waals surface area contributed by atoms with E-state index in [4.69, 9.17) is 32.7 Å². The summed E-state index contributed by atoms with van der Waals surface area (Å²) >= 11 is 12.5. The van der Waals surface area contributed by atoms with Crippen LogP contribution in [0.3, 0.4) is 0 Å². The standard InChI is InChI=1S/C28H23Cl2NO6/c1-4-15-5-7-16(8-6-15)23-22(24(32)18-13-20(29)26(36-2)21(30)14-18)25(33)27(34)31(23)19-11-9-17(10-12-19)28(35)37-3/h5-14,23,32H,4H2,1-3H3/b24-22+. The molecule has 0 bridgehead atoms. The number of methoxy groups -OCH3 is 2. The van der Waals surface area contributed by atoms with Gasteiger partial charge in [-0.15, -0.1) is 0 Å². The Morgan fingerprint density at radius 1 is 0.946 bits per heavy atom. The van der Waals surface area contributed by atoms with Crippen molar-refractivity contribution in [1.82, 2.24) is 0 Å². The summed E-state index contributed by atoms with van der Waals surface area (Å²) < 4.78 is 9.91. The number of nitrogens with zero attached hydrogens (tertiary/aromatic N) is 1. The van der Waals surface area contributed by atoms with Crippen LogP contribution in [0.4, 0.5) is 5.69 Å². The molecule has 9 heteroatoms. The molecule has 1 saturated heterocycles. The number of hydrogen-bond acceptors (Lipinski definition) is 6. The molecule has 1 heterocycles. The maximum Gasteiger partial charge on any atom is 0.337 e. The van der Waals surface area contributed by atoms with Crippen molar-refractivity contribution >= 4 is 52.3 Å². The van der Waals surface area contributed by atoms with Crippen molar-refractivity contribution in [1.29, 1.82) is 0 Å². The summed E-state index contributed by atoms with van der Waals surface area (Å²) in [6.45, 7) is 2.01. The van der Waals surface area contributed by atoms with Crippen LogP contribution in [0.15, 0.2) is 66.2 Å². The van der Waals surface area contributed by atoms with Crippen molar-refractivity contribution in [2.75, 3.05) is 19.1 Å². The maximum atomic E-state index is 13.4. The van der Waals surface area contributed by atoms with Gasteiger partial charge >= 0.3 is 5.97 Å². The minimum Gasteiger partial charge on any atom is -0.507 e. The minimum atomic E-state index is -0.950. The zero-order valence-corrected chi connectivity index (χ0v) is 21.8. The molecule has 37 heavy (non-hydrogen) atoms. The van der Waals surface area contributed by atoms with Crippen LogP contribution in [0.25, 0.3) is 5.76 Å². The number of Topliss-reactive ketones (excluding diaryl/α,β-unsaturated/α-hetero) is 1. The summed E-state index contributed by atoms with van der Waals surface area (Å²) in [5, 5.41) is 11.6. The van der Waals surface area contributed by atoms with Gasteiger partial charge in [-0.25, -0.2) is 4.79 Å². The summed E-state index contributed by atoms with van der Waals surface area (Å²) in [7, 11) is 2.68. The second-order valence-corrected chi connectivity index (χ2v) is 9.09. The van der Waals surface area contributed by atoms with E-state index in [-0.39, 0.29) is 32.5 Å². The molecule has 190 valence electrons. The molecule has 4 rings (SSSR count). The van der Waals surface area contributed by atoms with Gasteiger partial charge in [-0.3, -0.25) is 14.5 Å². The fourth-order valence-corrected chi connectivity index (χ4v) is 4.91. The number of amides is 1. The highest BCUT2D eigenvalue weighted by Crippen LogP contribution is 2.44. The van der Waals surface area contributed by atoms with Gasteiger partial charge in [0.1, 0.15) is 5.76 Å². The average molecular weight is 540 g/mol. The van der Waals surface area contributed by atoms with Gasteiger partial charge in [0, 0.05) is 11.3 Å². The molecular formula is C28H23Cl2NO6. The van der Waals surface area contributed by atoms with Crippen LogP contribution in [0.1, 0.15) is 40.0 Å². The van der Waals surface area contributed by atoms with E-state index in [1.807, 2.05) is 31.2 Å². The number of aryl methyl sites for hydroxylation is 1. The third kappa shape index (κ3) is 4.80. The fourth-order valence-electron chi connectivity index (χ4n) is 4.27. The highest BCUT2D eigenvalue weighted by Gasteiger charge is 2.47. The first-order valence-electron chi connectivity index (χ1n) is 11.3. The molecule has 0 saturated carbocycles. The number of carbonyl (C=O) groups is 3. The van der Waals surface area contributed by atoms with Crippen molar-refractivity contribution in [2.24, 2.45) is 0 Å². The number of carbonyl (C=O) groups excluding carboxylic acids is 3. The van der Waals surface area contributed by atoms with E-state index >= 15 is 0 Å². The summed E-state index contributed by atoms with van der Waals surface area (Å²) in [6.07, 6.45) is 0.804. The molecule has 1 atom stereocenters. The van der Waals surface area contributed by atoms with E-state index in [9.17, 15) is 19.5 Å². The molecule has 7 nitrogen and oxygen atoms in total. The number of halogens is 2. The number of ketones is 1. The smallest absolute Gasteiger partial charge is 0.337 e. The second-order valence-electron chi connectivity index (χ2n) is 8.28. The minimum absolute atomic E-state index is 0.122. The molecule has 1 aliphatic rings. The van der Waals surface area contributed by atoms with Gasteiger partial charge in [0.2, 0.25) is 0 Å². The molecule has 1 N–H and O–H groups in total. The first kappa shape index (κ1) is 26.3. The Bertz CT molecular complexity index is 1390. The lowest BCUT2D eigenvalue weighted by atomic mass is 9.94. The summed E-state index contributed by atoms with van der Waals surface area (Å²) in [5.41, 5.74) is 2.37. The predicted octanol–water partition coefficient (Wildman–Crippen LogP) is 5.98. The van der Waals surface area contributed by atoms with Crippen LogP contribution in [0.2, 0.25) is 10.0 Å². The summed E-state index contributed by atoms with van der Waals surface area (Å²) in [6, 6.07) is 15.4. The molecule has 3 aromatic carbocycles. The number of rotatable bonds is 6. The number of ether oxygens (including phenoxy) is 2. The van der Waals surface area contributed by atoms with Gasteiger partial charge in [-0.2, -0.15) is 0 Å². The number of hydrogen-bond donors (Lipinski definition) is 1. The third-order valence-corrected chi connectivity index (χ3v) is 6.75. The predicted molar refractivity (Wildman–Crippen MR) is 141 cm³/mol. The highest BCUT2D eigenvalue weighted by atomic mass is 35.5. The molecule has 3 aromatic rings. The lowest BCUT2D eigenvalue weighted by molar-refractivity contribution is -0.132. The molecule has 0 spiro atoms. The SMILES string of the molecule is CCc1ccc(C2/C(=C(\O)c3cc(Cl)c(OC)c(Cl)c3)C(=O)C(=O)N2c2ccc(C(=O)OC)cc2)cc1. The first-order chi connectivity index (χ1) is 17.7. The van der Waals surface area contributed by atoms with Crippen LogP contribution in [0, 0.1) is 0 Å². The first-order valence-corrected chi connectivity index (χ1v) is 12.1. The number of anilines is 1.